The molecule has 1 aromatic rings. The highest BCUT2D eigenvalue weighted by atomic mass is 16.5. The fraction of sp³-hybridized carbons (Fsp3) is 0.474. The summed E-state index contributed by atoms with van der Waals surface area (Å²) in [6, 6.07) is 10.2. The lowest BCUT2D eigenvalue weighted by molar-refractivity contribution is -0.137. The Hall–Kier alpha value is -2.08. The molecule has 0 atom stereocenters. The molecule has 1 aliphatic rings. The summed E-state index contributed by atoms with van der Waals surface area (Å²) in [6.45, 7) is 3.89. The van der Waals surface area contributed by atoms with E-state index < -0.39 is 0 Å². The van der Waals surface area contributed by atoms with Crippen molar-refractivity contribution >= 4 is 5.97 Å². The highest BCUT2D eigenvalue weighted by Crippen LogP contribution is 2.37. The monoisotopic (exact) mass is 297 g/mol. The van der Waals surface area contributed by atoms with Crippen LogP contribution in [0.25, 0.3) is 0 Å². The fourth-order valence-electron chi connectivity index (χ4n) is 3.22. The summed E-state index contributed by atoms with van der Waals surface area (Å²) in [5.74, 6) is 1.05. The van der Waals surface area contributed by atoms with E-state index in [2.05, 4.69) is 24.8 Å². The van der Waals surface area contributed by atoms with E-state index in [1.54, 1.807) is 0 Å². The number of nitrogens with zero attached hydrogens (tertiary/aromatic N) is 1. The molecule has 3 heteroatoms. The molecular weight excluding hydrogens is 274 g/mol. The zero-order valence-electron chi connectivity index (χ0n) is 13.0. The van der Waals surface area contributed by atoms with Gasteiger partial charge in [0.2, 0.25) is 0 Å². The predicted octanol–water partition coefficient (Wildman–Crippen LogP) is 4.34. The van der Waals surface area contributed by atoms with Crippen LogP contribution in [-0.2, 0) is 9.53 Å². The number of rotatable bonds is 6. The first-order chi connectivity index (χ1) is 10.7. The summed E-state index contributed by atoms with van der Waals surface area (Å²) >= 11 is 0. The second-order valence-electron chi connectivity index (χ2n) is 5.97. The van der Waals surface area contributed by atoms with Crippen molar-refractivity contribution in [3.05, 3.63) is 48.0 Å². The van der Waals surface area contributed by atoms with Crippen molar-refractivity contribution in [1.29, 1.82) is 5.26 Å². The van der Waals surface area contributed by atoms with Crippen molar-refractivity contribution < 1.29 is 9.53 Å². The lowest BCUT2D eigenvalue weighted by Gasteiger charge is -2.28. The third-order valence-corrected chi connectivity index (χ3v) is 4.53. The Kier molecular flexibility index (Phi) is 6.21. The van der Waals surface area contributed by atoms with E-state index in [0.29, 0.717) is 12.5 Å². The molecule has 1 fully saturated rings. The molecule has 0 amide bonds. The van der Waals surface area contributed by atoms with Crippen LogP contribution in [0.15, 0.2) is 36.9 Å². The van der Waals surface area contributed by atoms with Gasteiger partial charge >= 0.3 is 5.97 Å². The standard InChI is InChI=1S/C19H23NO2/c1-2-19(21)22-13-3-4-15-5-9-17(10-6-15)18-11-7-16(14-20)8-12-18/h2,7-8,11-12,15,17H,1,3-6,9-10,13H2. The Bertz CT molecular complexity index is 534. The zero-order chi connectivity index (χ0) is 15.8. The van der Waals surface area contributed by atoms with Crippen LogP contribution in [0.2, 0.25) is 0 Å². The maximum atomic E-state index is 10.9. The molecule has 22 heavy (non-hydrogen) atoms. The third-order valence-electron chi connectivity index (χ3n) is 4.53. The van der Waals surface area contributed by atoms with Crippen molar-refractivity contribution in [2.75, 3.05) is 6.61 Å². The maximum absolute atomic E-state index is 10.9. The van der Waals surface area contributed by atoms with E-state index in [1.165, 1.54) is 37.3 Å². The molecule has 0 radical (unpaired) electrons. The normalized spacial score (nSPS) is 20.9. The van der Waals surface area contributed by atoms with Crippen molar-refractivity contribution in [2.45, 2.75) is 44.4 Å². The van der Waals surface area contributed by atoms with Crippen molar-refractivity contribution in [3.63, 3.8) is 0 Å². The Morgan fingerprint density at radius 3 is 2.55 bits per heavy atom. The average molecular weight is 297 g/mol. The highest BCUT2D eigenvalue weighted by Gasteiger charge is 2.22. The molecule has 1 saturated carbocycles. The molecule has 1 aromatic carbocycles. The number of ether oxygens (including phenoxy) is 1. The summed E-state index contributed by atoms with van der Waals surface area (Å²) in [6.07, 6.45) is 8.17. The molecule has 0 spiro atoms. The third kappa shape index (κ3) is 4.73. The first-order valence-corrected chi connectivity index (χ1v) is 8.02. The summed E-state index contributed by atoms with van der Waals surface area (Å²) in [4.78, 5) is 10.9. The van der Waals surface area contributed by atoms with Gasteiger partial charge in [0.1, 0.15) is 0 Å². The zero-order valence-corrected chi connectivity index (χ0v) is 13.0. The van der Waals surface area contributed by atoms with Crippen LogP contribution in [-0.4, -0.2) is 12.6 Å². The van der Waals surface area contributed by atoms with Gasteiger partial charge in [0.15, 0.2) is 0 Å². The summed E-state index contributed by atoms with van der Waals surface area (Å²) in [7, 11) is 0. The quantitative estimate of drug-likeness (QED) is 0.446. The lowest BCUT2D eigenvalue weighted by Crippen LogP contribution is -2.14. The number of benzene rings is 1. The minimum atomic E-state index is -0.329. The summed E-state index contributed by atoms with van der Waals surface area (Å²) < 4.78 is 5.01. The van der Waals surface area contributed by atoms with Gasteiger partial charge in [0.25, 0.3) is 0 Å². The molecular formula is C19H23NO2. The molecule has 0 saturated heterocycles. The molecule has 0 heterocycles. The van der Waals surface area contributed by atoms with Crippen LogP contribution < -0.4 is 0 Å². The second kappa shape index (κ2) is 8.38. The Labute approximate surface area is 132 Å². The predicted molar refractivity (Wildman–Crippen MR) is 86.2 cm³/mol. The van der Waals surface area contributed by atoms with Gasteiger partial charge in [0, 0.05) is 6.08 Å². The molecule has 0 aliphatic heterocycles. The Morgan fingerprint density at radius 1 is 1.27 bits per heavy atom. The van der Waals surface area contributed by atoms with Gasteiger partial charge in [-0.15, -0.1) is 0 Å². The van der Waals surface area contributed by atoms with Crippen molar-refractivity contribution in [1.82, 2.24) is 0 Å². The van der Waals surface area contributed by atoms with Crippen LogP contribution in [0.3, 0.4) is 0 Å². The number of hydrogen-bond acceptors (Lipinski definition) is 3. The Balaban J connectivity index is 1.70. The van der Waals surface area contributed by atoms with Gasteiger partial charge in [-0.05, 0) is 68.1 Å². The SMILES string of the molecule is C=CC(=O)OCCCC1CCC(c2ccc(C#N)cc2)CC1. The molecule has 0 unspecified atom stereocenters. The number of carbonyl (C=O) groups is 1. The fourth-order valence-corrected chi connectivity index (χ4v) is 3.22. The van der Waals surface area contributed by atoms with Gasteiger partial charge in [-0.25, -0.2) is 4.79 Å². The van der Waals surface area contributed by atoms with Gasteiger partial charge in [-0.3, -0.25) is 0 Å². The van der Waals surface area contributed by atoms with Crippen molar-refractivity contribution in [3.8, 4) is 6.07 Å². The summed E-state index contributed by atoms with van der Waals surface area (Å²) in [5, 5.41) is 8.84. The van der Waals surface area contributed by atoms with Crippen LogP contribution in [0.5, 0.6) is 0 Å². The van der Waals surface area contributed by atoms with Crippen LogP contribution in [0.1, 0.15) is 55.6 Å². The van der Waals surface area contributed by atoms with E-state index in [-0.39, 0.29) is 5.97 Å². The van der Waals surface area contributed by atoms with E-state index >= 15 is 0 Å². The molecule has 116 valence electrons. The second-order valence-corrected chi connectivity index (χ2v) is 5.97. The first kappa shape index (κ1) is 16.3. The number of carbonyl (C=O) groups excluding carboxylic acids is 1. The number of nitriles is 1. The molecule has 3 nitrogen and oxygen atoms in total. The van der Waals surface area contributed by atoms with E-state index in [4.69, 9.17) is 10.00 Å². The van der Waals surface area contributed by atoms with Gasteiger partial charge in [-0.2, -0.15) is 5.26 Å². The Morgan fingerprint density at radius 2 is 1.95 bits per heavy atom. The number of esters is 1. The molecule has 0 bridgehead atoms. The largest absolute Gasteiger partial charge is 0.463 e. The van der Waals surface area contributed by atoms with Gasteiger partial charge < -0.3 is 4.74 Å². The molecule has 0 aromatic heterocycles. The molecule has 0 N–H and O–H groups in total. The highest BCUT2D eigenvalue weighted by molar-refractivity contribution is 5.81. The lowest BCUT2D eigenvalue weighted by atomic mass is 9.77. The van der Waals surface area contributed by atoms with Crippen LogP contribution >= 0.6 is 0 Å². The summed E-state index contributed by atoms with van der Waals surface area (Å²) in [5.41, 5.74) is 2.09. The van der Waals surface area contributed by atoms with Gasteiger partial charge in [-0.1, -0.05) is 18.7 Å². The average Bonchev–Trinajstić information content (AvgIpc) is 2.59. The molecule has 1 aliphatic carbocycles. The first-order valence-electron chi connectivity index (χ1n) is 8.02. The maximum Gasteiger partial charge on any atom is 0.330 e. The smallest absolute Gasteiger partial charge is 0.330 e. The van der Waals surface area contributed by atoms with Crippen LogP contribution in [0, 0.1) is 17.2 Å². The van der Waals surface area contributed by atoms with E-state index in [1.807, 2.05) is 12.1 Å². The minimum absolute atomic E-state index is 0.329. The molecule has 2 rings (SSSR count). The van der Waals surface area contributed by atoms with Crippen molar-refractivity contribution in [2.24, 2.45) is 5.92 Å². The van der Waals surface area contributed by atoms with E-state index in [9.17, 15) is 4.79 Å². The van der Waals surface area contributed by atoms with E-state index in [0.717, 1.165) is 24.3 Å². The minimum Gasteiger partial charge on any atom is -0.463 e. The number of hydrogen-bond donors (Lipinski definition) is 0. The van der Waals surface area contributed by atoms with Gasteiger partial charge in [0.05, 0.1) is 18.2 Å². The topological polar surface area (TPSA) is 50.1 Å². The van der Waals surface area contributed by atoms with Crippen LogP contribution in [0.4, 0.5) is 0 Å².